The first-order chi connectivity index (χ1) is 16.1. The predicted octanol–water partition coefficient (Wildman–Crippen LogP) is 4.95. The first kappa shape index (κ1) is 35.4. The monoisotopic (exact) mass is 511 g/mol. The fourth-order valence-electron chi connectivity index (χ4n) is 3.50. The SMILES string of the molecule is CCCCCCCCCCCCCCCCCC(=O)OCC[N+](C)(C)CCO.COS(=O)(=O)[O-]. The molecule has 0 fully saturated rings. The second-order valence-electron chi connectivity index (χ2n) is 9.60. The van der Waals surface area contributed by atoms with E-state index in [2.05, 4.69) is 11.1 Å². The largest absolute Gasteiger partial charge is 0.726 e. The summed E-state index contributed by atoms with van der Waals surface area (Å²) in [6.07, 6.45) is 20.6. The molecule has 0 atom stereocenters. The van der Waals surface area contributed by atoms with Crippen LogP contribution >= 0.6 is 0 Å². The van der Waals surface area contributed by atoms with Gasteiger partial charge < -0.3 is 18.9 Å². The standard InChI is InChI=1S/C24H50NO3.CH4O4S/c1-4-5-6-7-8-9-10-11-12-13-14-15-16-17-18-19-24(27)28-23-21-25(2,3)20-22-26;1-5-6(2,3)4/h26H,4-23H2,1-3H3;1H3,(H,2,3,4)/q+1;/p-1. The molecule has 0 rings (SSSR count). The maximum atomic E-state index is 11.7. The number of carbonyl (C=O) groups is 1. The van der Waals surface area contributed by atoms with Crippen LogP contribution in [0.15, 0.2) is 0 Å². The van der Waals surface area contributed by atoms with E-state index in [0.717, 1.165) is 26.5 Å². The van der Waals surface area contributed by atoms with Crippen LogP contribution in [-0.4, -0.2) is 76.0 Å². The van der Waals surface area contributed by atoms with Crippen LogP contribution in [0.3, 0.4) is 0 Å². The number of carbonyl (C=O) groups excluding carboxylic acids is 1. The molecule has 0 aromatic carbocycles. The zero-order valence-electron chi connectivity index (χ0n) is 22.4. The molecular formula is C25H53NO7S. The van der Waals surface area contributed by atoms with Crippen molar-refractivity contribution in [2.45, 2.75) is 110 Å². The van der Waals surface area contributed by atoms with Crippen molar-refractivity contribution in [3.05, 3.63) is 0 Å². The number of quaternary nitrogens is 1. The van der Waals surface area contributed by atoms with Crippen molar-refractivity contribution in [2.75, 3.05) is 47.5 Å². The number of hydrogen-bond donors (Lipinski definition) is 1. The van der Waals surface area contributed by atoms with Crippen molar-refractivity contribution in [1.29, 1.82) is 0 Å². The van der Waals surface area contributed by atoms with E-state index in [4.69, 9.17) is 9.84 Å². The topological polar surface area (TPSA) is 113 Å². The van der Waals surface area contributed by atoms with Gasteiger partial charge in [0.05, 0.1) is 27.8 Å². The molecule has 8 nitrogen and oxygen atoms in total. The maximum absolute atomic E-state index is 11.7. The number of aliphatic hydroxyl groups excluding tert-OH is 1. The molecule has 0 aliphatic carbocycles. The minimum Gasteiger partial charge on any atom is -0.726 e. The Morgan fingerprint density at radius 3 is 1.53 bits per heavy atom. The molecule has 0 amide bonds. The molecule has 0 unspecified atom stereocenters. The van der Waals surface area contributed by atoms with E-state index in [-0.39, 0.29) is 12.6 Å². The Hall–Kier alpha value is -0.740. The van der Waals surface area contributed by atoms with Crippen LogP contribution in [0.4, 0.5) is 0 Å². The van der Waals surface area contributed by atoms with Crippen molar-refractivity contribution in [1.82, 2.24) is 0 Å². The fraction of sp³-hybridized carbons (Fsp3) is 0.960. The lowest BCUT2D eigenvalue weighted by molar-refractivity contribution is -0.890. The van der Waals surface area contributed by atoms with Crippen LogP contribution < -0.4 is 0 Å². The molecule has 0 aromatic heterocycles. The van der Waals surface area contributed by atoms with Crippen LogP contribution in [-0.2, 0) is 24.1 Å². The smallest absolute Gasteiger partial charge is 0.305 e. The van der Waals surface area contributed by atoms with Gasteiger partial charge in [0.15, 0.2) is 0 Å². The minimum absolute atomic E-state index is 0.0707. The molecule has 0 aliphatic rings. The molecule has 0 radical (unpaired) electrons. The van der Waals surface area contributed by atoms with Gasteiger partial charge >= 0.3 is 5.97 Å². The van der Waals surface area contributed by atoms with Gasteiger partial charge in [-0.2, -0.15) is 0 Å². The van der Waals surface area contributed by atoms with Gasteiger partial charge in [0.25, 0.3) is 0 Å². The molecule has 206 valence electrons. The number of hydrogen-bond acceptors (Lipinski definition) is 7. The van der Waals surface area contributed by atoms with Crippen molar-refractivity contribution >= 4 is 16.4 Å². The van der Waals surface area contributed by atoms with Crippen LogP contribution in [0.5, 0.6) is 0 Å². The van der Waals surface area contributed by atoms with E-state index in [9.17, 15) is 17.8 Å². The average Bonchev–Trinajstić information content (AvgIpc) is 2.76. The highest BCUT2D eigenvalue weighted by molar-refractivity contribution is 7.80. The third kappa shape index (κ3) is 31.3. The van der Waals surface area contributed by atoms with Crippen molar-refractivity contribution in [2.24, 2.45) is 0 Å². The Balaban J connectivity index is 0. The summed E-state index contributed by atoms with van der Waals surface area (Å²) < 4.78 is 37.0. The Morgan fingerprint density at radius 2 is 1.18 bits per heavy atom. The fourth-order valence-corrected chi connectivity index (χ4v) is 3.50. The normalized spacial score (nSPS) is 11.7. The Bertz CT molecular complexity index is 553. The predicted molar refractivity (Wildman–Crippen MR) is 136 cm³/mol. The molecule has 0 heterocycles. The van der Waals surface area contributed by atoms with E-state index in [1.807, 2.05) is 14.1 Å². The number of likely N-dealkylation sites (N-methyl/N-ethyl adjacent to an activating group) is 1. The summed E-state index contributed by atoms with van der Waals surface area (Å²) in [6.45, 7) is 4.34. The summed E-state index contributed by atoms with van der Waals surface area (Å²) in [5.74, 6) is -0.0707. The molecule has 34 heavy (non-hydrogen) atoms. The Morgan fingerprint density at radius 1 is 0.794 bits per heavy atom. The first-order valence-corrected chi connectivity index (χ1v) is 14.5. The van der Waals surface area contributed by atoms with Crippen LogP contribution in [0, 0.1) is 0 Å². The van der Waals surface area contributed by atoms with Crippen molar-refractivity contribution in [3.8, 4) is 0 Å². The van der Waals surface area contributed by atoms with E-state index in [0.29, 0.717) is 24.1 Å². The second-order valence-corrected chi connectivity index (χ2v) is 10.8. The number of aliphatic hydroxyl groups is 1. The minimum atomic E-state index is -4.41. The van der Waals surface area contributed by atoms with E-state index >= 15 is 0 Å². The number of ether oxygens (including phenoxy) is 1. The lowest BCUT2D eigenvalue weighted by Crippen LogP contribution is -2.44. The molecule has 0 bridgehead atoms. The van der Waals surface area contributed by atoms with Gasteiger partial charge in [0.2, 0.25) is 10.4 Å². The van der Waals surface area contributed by atoms with Gasteiger partial charge in [0.1, 0.15) is 19.7 Å². The molecular weight excluding hydrogens is 458 g/mol. The maximum Gasteiger partial charge on any atom is 0.305 e. The van der Waals surface area contributed by atoms with Gasteiger partial charge in [-0.1, -0.05) is 96.8 Å². The first-order valence-electron chi connectivity index (χ1n) is 13.2. The number of esters is 1. The van der Waals surface area contributed by atoms with Gasteiger partial charge in [-0.3, -0.25) is 8.98 Å². The highest BCUT2D eigenvalue weighted by atomic mass is 32.3. The molecule has 0 saturated heterocycles. The van der Waals surface area contributed by atoms with Gasteiger partial charge in [-0.05, 0) is 6.42 Å². The zero-order valence-corrected chi connectivity index (χ0v) is 23.2. The lowest BCUT2D eigenvalue weighted by atomic mass is 10.0. The Kier molecular flexibility index (Phi) is 25.0. The molecule has 0 saturated carbocycles. The van der Waals surface area contributed by atoms with Crippen LogP contribution in [0.25, 0.3) is 0 Å². The molecule has 9 heteroatoms. The highest BCUT2D eigenvalue weighted by Gasteiger charge is 2.14. The van der Waals surface area contributed by atoms with E-state index in [1.54, 1.807) is 0 Å². The average molecular weight is 512 g/mol. The summed E-state index contributed by atoms with van der Waals surface area (Å²) in [6, 6.07) is 0. The third-order valence-electron chi connectivity index (χ3n) is 5.85. The van der Waals surface area contributed by atoms with E-state index < -0.39 is 10.4 Å². The summed E-state index contributed by atoms with van der Waals surface area (Å²) >= 11 is 0. The van der Waals surface area contributed by atoms with Crippen LogP contribution in [0.1, 0.15) is 110 Å². The molecule has 0 spiro atoms. The molecule has 0 aromatic rings. The summed E-state index contributed by atoms with van der Waals surface area (Å²) in [7, 11) is 0.477. The van der Waals surface area contributed by atoms with E-state index in [1.165, 1.54) is 83.5 Å². The molecule has 0 aliphatic heterocycles. The number of nitrogens with zero attached hydrogens (tertiary/aromatic N) is 1. The number of rotatable bonds is 22. The summed E-state index contributed by atoms with van der Waals surface area (Å²) in [5.41, 5.74) is 0. The quantitative estimate of drug-likeness (QED) is 0.0719. The second kappa shape index (κ2) is 24.0. The lowest BCUT2D eigenvalue weighted by Gasteiger charge is -2.28. The van der Waals surface area contributed by atoms with Crippen molar-refractivity contribution in [3.63, 3.8) is 0 Å². The molecule has 1 N–H and O–H groups in total. The Labute approximate surface area is 209 Å². The van der Waals surface area contributed by atoms with Gasteiger partial charge in [-0.15, -0.1) is 0 Å². The zero-order chi connectivity index (χ0) is 26.1. The summed E-state index contributed by atoms with van der Waals surface area (Å²) in [5, 5.41) is 8.99. The third-order valence-corrected chi connectivity index (χ3v) is 6.26. The van der Waals surface area contributed by atoms with Gasteiger partial charge in [0, 0.05) is 6.42 Å². The highest BCUT2D eigenvalue weighted by Crippen LogP contribution is 2.13. The van der Waals surface area contributed by atoms with Gasteiger partial charge in [-0.25, -0.2) is 8.42 Å². The number of unbranched alkanes of at least 4 members (excludes halogenated alkanes) is 14. The van der Waals surface area contributed by atoms with Crippen LogP contribution in [0.2, 0.25) is 0 Å². The van der Waals surface area contributed by atoms with Crippen molar-refractivity contribution < 1.29 is 36.3 Å². The summed E-state index contributed by atoms with van der Waals surface area (Å²) in [4.78, 5) is 11.7.